The minimum atomic E-state index is -3.73. The van der Waals surface area contributed by atoms with E-state index in [2.05, 4.69) is 4.72 Å². The molecule has 0 aliphatic heterocycles. The Morgan fingerprint density at radius 3 is 2.77 bits per heavy atom. The average Bonchev–Trinajstić information content (AvgIpc) is 3.26. The van der Waals surface area contributed by atoms with Crippen molar-refractivity contribution in [3.63, 3.8) is 0 Å². The Labute approximate surface area is 129 Å². The standard InChI is InChI=1S/C14H20N2O5S/c1-11-3-6-13(9-14(11)16(17)18)22(19,20)15-7-2-8-21-10-12-4-5-12/h3,6,9,12,15H,2,4-5,7-8,10H2,1H3. The van der Waals surface area contributed by atoms with Crippen LogP contribution in [0.3, 0.4) is 0 Å². The van der Waals surface area contributed by atoms with Crippen LogP contribution in [0.2, 0.25) is 0 Å². The Hall–Kier alpha value is -1.51. The van der Waals surface area contributed by atoms with Crippen LogP contribution in [-0.2, 0) is 14.8 Å². The lowest BCUT2D eigenvalue weighted by atomic mass is 10.2. The Kier molecular flexibility index (Phi) is 5.49. The number of benzene rings is 1. The highest BCUT2D eigenvalue weighted by Crippen LogP contribution is 2.28. The van der Waals surface area contributed by atoms with Gasteiger partial charge < -0.3 is 4.74 Å². The molecule has 0 spiro atoms. The molecule has 0 atom stereocenters. The summed E-state index contributed by atoms with van der Waals surface area (Å²) in [6.07, 6.45) is 3.01. The second-order valence-electron chi connectivity index (χ2n) is 5.48. The number of hydrogen-bond donors (Lipinski definition) is 1. The lowest BCUT2D eigenvalue weighted by Gasteiger charge is -2.08. The highest BCUT2D eigenvalue weighted by Gasteiger charge is 2.21. The van der Waals surface area contributed by atoms with Crippen LogP contribution in [0.4, 0.5) is 5.69 Å². The first kappa shape index (κ1) is 16.9. The number of nitro benzene ring substituents is 1. The zero-order chi connectivity index (χ0) is 16.2. The second kappa shape index (κ2) is 7.17. The molecule has 7 nitrogen and oxygen atoms in total. The third-order valence-corrected chi connectivity index (χ3v) is 4.95. The van der Waals surface area contributed by atoms with E-state index in [0.29, 0.717) is 24.5 Å². The number of sulfonamides is 1. The van der Waals surface area contributed by atoms with E-state index in [1.54, 1.807) is 6.92 Å². The highest BCUT2D eigenvalue weighted by molar-refractivity contribution is 7.89. The van der Waals surface area contributed by atoms with Crippen molar-refractivity contribution in [1.82, 2.24) is 4.72 Å². The second-order valence-corrected chi connectivity index (χ2v) is 7.24. The number of rotatable bonds is 9. The van der Waals surface area contributed by atoms with Gasteiger partial charge >= 0.3 is 0 Å². The molecule has 1 aliphatic carbocycles. The van der Waals surface area contributed by atoms with Gasteiger partial charge in [-0.1, -0.05) is 6.07 Å². The lowest BCUT2D eigenvalue weighted by molar-refractivity contribution is -0.385. The molecule has 22 heavy (non-hydrogen) atoms. The van der Waals surface area contributed by atoms with Gasteiger partial charge in [-0.2, -0.15) is 0 Å². The summed E-state index contributed by atoms with van der Waals surface area (Å²) >= 11 is 0. The Morgan fingerprint density at radius 1 is 1.41 bits per heavy atom. The van der Waals surface area contributed by atoms with E-state index in [4.69, 9.17) is 4.74 Å². The molecule has 0 unspecified atom stereocenters. The molecule has 1 aromatic rings. The molecule has 2 rings (SSSR count). The van der Waals surface area contributed by atoms with Gasteiger partial charge in [0.05, 0.1) is 9.82 Å². The molecule has 0 heterocycles. The van der Waals surface area contributed by atoms with E-state index in [-0.39, 0.29) is 17.1 Å². The van der Waals surface area contributed by atoms with Crippen molar-refractivity contribution < 1.29 is 18.1 Å². The summed E-state index contributed by atoms with van der Waals surface area (Å²) in [4.78, 5) is 10.2. The predicted octanol–water partition coefficient (Wildman–Crippen LogP) is 2.00. The third-order valence-electron chi connectivity index (χ3n) is 3.50. The molecular formula is C14H20N2O5S. The largest absolute Gasteiger partial charge is 0.381 e. The minimum absolute atomic E-state index is 0.0938. The topological polar surface area (TPSA) is 98.5 Å². The maximum absolute atomic E-state index is 12.1. The number of aryl methyl sites for hydroxylation is 1. The number of nitro groups is 1. The van der Waals surface area contributed by atoms with Crippen LogP contribution in [0.15, 0.2) is 23.1 Å². The number of hydrogen-bond acceptors (Lipinski definition) is 5. The molecule has 0 radical (unpaired) electrons. The van der Waals surface area contributed by atoms with Crippen molar-refractivity contribution in [2.45, 2.75) is 31.1 Å². The van der Waals surface area contributed by atoms with Gasteiger partial charge in [-0.25, -0.2) is 13.1 Å². The first-order chi connectivity index (χ1) is 10.4. The fraction of sp³-hybridized carbons (Fsp3) is 0.571. The maximum Gasteiger partial charge on any atom is 0.273 e. The normalized spacial score (nSPS) is 15.0. The molecule has 0 bridgehead atoms. The van der Waals surface area contributed by atoms with Crippen molar-refractivity contribution in [1.29, 1.82) is 0 Å². The van der Waals surface area contributed by atoms with Gasteiger partial charge in [0.1, 0.15) is 0 Å². The zero-order valence-electron chi connectivity index (χ0n) is 12.4. The fourth-order valence-electron chi connectivity index (χ4n) is 1.95. The number of ether oxygens (including phenoxy) is 1. The van der Waals surface area contributed by atoms with Crippen LogP contribution in [-0.4, -0.2) is 33.1 Å². The zero-order valence-corrected chi connectivity index (χ0v) is 13.3. The summed E-state index contributed by atoms with van der Waals surface area (Å²) in [6.45, 7) is 3.07. The van der Waals surface area contributed by atoms with E-state index < -0.39 is 14.9 Å². The van der Waals surface area contributed by atoms with Crippen molar-refractivity contribution in [2.75, 3.05) is 19.8 Å². The smallest absolute Gasteiger partial charge is 0.273 e. The summed E-state index contributed by atoms with van der Waals surface area (Å²) in [7, 11) is -3.73. The van der Waals surface area contributed by atoms with E-state index in [0.717, 1.165) is 12.7 Å². The van der Waals surface area contributed by atoms with Gasteiger partial charge in [0.2, 0.25) is 10.0 Å². The highest BCUT2D eigenvalue weighted by atomic mass is 32.2. The molecule has 1 N–H and O–H groups in total. The Bertz CT molecular complexity index is 641. The fourth-order valence-corrected chi connectivity index (χ4v) is 3.05. The third kappa shape index (κ3) is 4.75. The predicted molar refractivity (Wildman–Crippen MR) is 81.2 cm³/mol. The van der Waals surface area contributed by atoms with Crippen LogP contribution in [0, 0.1) is 23.0 Å². The SMILES string of the molecule is Cc1ccc(S(=O)(=O)NCCCOCC2CC2)cc1[N+](=O)[O-]. The first-order valence-corrected chi connectivity index (χ1v) is 8.71. The molecule has 8 heteroatoms. The summed E-state index contributed by atoms with van der Waals surface area (Å²) < 4.78 is 32.0. The van der Waals surface area contributed by atoms with E-state index in [1.165, 1.54) is 25.0 Å². The van der Waals surface area contributed by atoms with Crippen molar-refractivity contribution in [3.8, 4) is 0 Å². The number of nitrogens with one attached hydrogen (secondary N) is 1. The van der Waals surface area contributed by atoms with Crippen LogP contribution in [0.5, 0.6) is 0 Å². The Balaban J connectivity index is 1.86. The molecule has 1 fully saturated rings. The maximum atomic E-state index is 12.1. The van der Waals surface area contributed by atoms with Crippen LogP contribution in [0.1, 0.15) is 24.8 Å². The molecule has 1 aliphatic rings. The lowest BCUT2D eigenvalue weighted by Crippen LogP contribution is -2.25. The van der Waals surface area contributed by atoms with Gasteiger partial charge in [-0.15, -0.1) is 0 Å². The molecule has 1 saturated carbocycles. The van der Waals surface area contributed by atoms with Gasteiger partial charge in [0.25, 0.3) is 5.69 Å². The summed E-state index contributed by atoms with van der Waals surface area (Å²) in [5.41, 5.74) is 0.230. The quantitative estimate of drug-likeness (QED) is 0.425. The molecule has 0 aromatic heterocycles. The van der Waals surface area contributed by atoms with Gasteiger partial charge in [0.15, 0.2) is 0 Å². The minimum Gasteiger partial charge on any atom is -0.381 e. The summed E-state index contributed by atoms with van der Waals surface area (Å²) in [5, 5.41) is 10.9. The van der Waals surface area contributed by atoms with Crippen LogP contribution < -0.4 is 4.72 Å². The van der Waals surface area contributed by atoms with Gasteiger partial charge in [0, 0.05) is 31.4 Å². The molecule has 1 aromatic carbocycles. The first-order valence-electron chi connectivity index (χ1n) is 7.22. The summed E-state index contributed by atoms with van der Waals surface area (Å²) in [5.74, 6) is 0.685. The summed E-state index contributed by atoms with van der Waals surface area (Å²) in [6, 6.07) is 3.89. The van der Waals surface area contributed by atoms with E-state index >= 15 is 0 Å². The van der Waals surface area contributed by atoms with E-state index in [1.807, 2.05) is 0 Å². The Morgan fingerprint density at radius 2 is 2.14 bits per heavy atom. The van der Waals surface area contributed by atoms with Crippen molar-refractivity contribution >= 4 is 15.7 Å². The van der Waals surface area contributed by atoms with Gasteiger partial charge in [-0.05, 0) is 38.2 Å². The van der Waals surface area contributed by atoms with Crippen molar-refractivity contribution in [2.24, 2.45) is 5.92 Å². The molecular weight excluding hydrogens is 308 g/mol. The molecule has 0 saturated heterocycles. The van der Waals surface area contributed by atoms with E-state index in [9.17, 15) is 18.5 Å². The van der Waals surface area contributed by atoms with Crippen LogP contribution in [0.25, 0.3) is 0 Å². The molecule has 122 valence electrons. The molecule has 0 amide bonds. The van der Waals surface area contributed by atoms with Crippen molar-refractivity contribution in [3.05, 3.63) is 33.9 Å². The van der Waals surface area contributed by atoms with Gasteiger partial charge in [-0.3, -0.25) is 10.1 Å². The van der Waals surface area contributed by atoms with Crippen LogP contribution >= 0.6 is 0 Å². The monoisotopic (exact) mass is 328 g/mol. The number of nitrogens with zero attached hydrogens (tertiary/aromatic N) is 1. The average molecular weight is 328 g/mol.